The number of anilines is 1. The van der Waals surface area contributed by atoms with Crippen LogP contribution in [0.15, 0.2) is 6.07 Å². The lowest BCUT2D eigenvalue weighted by Gasteiger charge is -2.26. The number of ether oxygens (including phenoxy) is 1. The molecule has 1 aromatic rings. The number of hydrogen-bond donors (Lipinski definition) is 1. The van der Waals surface area contributed by atoms with Crippen LogP contribution in [-0.2, 0) is 6.42 Å². The molecule has 112 valence electrons. The second kappa shape index (κ2) is 7.46. The minimum Gasteiger partial charge on any atom is -0.474 e. The zero-order chi connectivity index (χ0) is 14.4. The molecule has 0 unspecified atom stereocenters. The van der Waals surface area contributed by atoms with Gasteiger partial charge in [0.2, 0.25) is 5.88 Å². The van der Waals surface area contributed by atoms with E-state index in [0.29, 0.717) is 6.10 Å². The molecule has 1 aliphatic carbocycles. The van der Waals surface area contributed by atoms with Gasteiger partial charge in [-0.3, -0.25) is 0 Å². The van der Waals surface area contributed by atoms with Gasteiger partial charge in [0, 0.05) is 19.0 Å². The number of hydrogen-bond acceptors (Lipinski definition) is 4. The third kappa shape index (κ3) is 4.36. The van der Waals surface area contributed by atoms with E-state index < -0.39 is 0 Å². The molecular formula is C16H27N3O. The maximum atomic E-state index is 6.08. The molecule has 0 amide bonds. The third-order valence-electron chi connectivity index (χ3n) is 3.87. The summed E-state index contributed by atoms with van der Waals surface area (Å²) in [4.78, 5) is 8.99. The Hall–Kier alpha value is -1.32. The number of nitrogens with one attached hydrogen (secondary N) is 1. The van der Waals surface area contributed by atoms with E-state index in [4.69, 9.17) is 4.74 Å². The van der Waals surface area contributed by atoms with Crippen molar-refractivity contribution >= 4 is 5.82 Å². The van der Waals surface area contributed by atoms with Gasteiger partial charge < -0.3 is 10.1 Å². The van der Waals surface area contributed by atoms with Crippen molar-refractivity contribution in [1.29, 1.82) is 0 Å². The topological polar surface area (TPSA) is 47.0 Å². The van der Waals surface area contributed by atoms with Gasteiger partial charge in [0.1, 0.15) is 17.7 Å². The standard InChI is InChI=1S/C16H27N3O/c1-4-10-17-15-11-16(19-14(5-2)18-15)20-13-8-6-12(3)7-9-13/h11-13H,4-10H2,1-3H3,(H,17,18,19). The van der Waals surface area contributed by atoms with Gasteiger partial charge in [-0.2, -0.15) is 4.98 Å². The van der Waals surface area contributed by atoms with Gasteiger partial charge in [0.25, 0.3) is 0 Å². The Morgan fingerprint density at radius 3 is 2.60 bits per heavy atom. The SMILES string of the molecule is CCCNc1cc(OC2CCC(C)CC2)nc(CC)n1. The van der Waals surface area contributed by atoms with Crippen LogP contribution >= 0.6 is 0 Å². The van der Waals surface area contributed by atoms with Crippen LogP contribution in [0.4, 0.5) is 5.82 Å². The molecule has 4 heteroatoms. The Labute approximate surface area is 122 Å². The van der Waals surface area contributed by atoms with Crippen LogP contribution in [-0.4, -0.2) is 22.6 Å². The van der Waals surface area contributed by atoms with E-state index in [1.807, 2.05) is 6.07 Å². The highest BCUT2D eigenvalue weighted by Gasteiger charge is 2.20. The van der Waals surface area contributed by atoms with Crippen LogP contribution in [0.25, 0.3) is 0 Å². The smallest absolute Gasteiger partial charge is 0.218 e. The van der Waals surface area contributed by atoms with E-state index >= 15 is 0 Å². The first kappa shape index (κ1) is 15.1. The Morgan fingerprint density at radius 2 is 1.95 bits per heavy atom. The van der Waals surface area contributed by atoms with Gasteiger partial charge in [-0.25, -0.2) is 4.98 Å². The van der Waals surface area contributed by atoms with E-state index in [0.717, 1.165) is 55.7 Å². The monoisotopic (exact) mass is 277 g/mol. The molecule has 0 saturated heterocycles. The molecule has 1 aliphatic rings. The van der Waals surface area contributed by atoms with Crippen molar-refractivity contribution in [2.24, 2.45) is 5.92 Å². The fourth-order valence-electron chi connectivity index (χ4n) is 2.55. The highest BCUT2D eigenvalue weighted by molar-refractivity contribution is 5.38. The predicted molar refractivity (Wildman–Crippen MR) is 82.2 cm³/mol. The maximum absolute atomic E-state index is 6.08. The molecule has 1 fully saturated rings. The number of nitrogens with zero attached hydrogens (tertiary/aromatic N) is 2. The molecule has 1 saturated carbocycles. The summed E-state index contributed by atoms with van der Waals surface area (Å²) in [7, 11) is 0. The number of aryl methyl sites for hydroxylation is 1. The summed E-state index contributed by atoms with van der Waals surface area (Å²) in [6.07, 6.45) is 7.05. The number of aromatic nitrogens is 2. The minimum atomic E-state index is 0.324. The first-order valence-electron chi connectivity index (χ1n) is 7.99. The molecule has 0 bridgehead atoms. The molecule has 1 aromatic heterocycles. The molecule has 4 nitrogen and oxygen atoms in total. The Balaban J connectivity index is 2.02. The van der Waals surface area contributed by atoms with E-state index in [-0.39, 0.29) is 0 Å². The molecule has 0 radical (unpaired) electrons. The van der Waals surface area contributed by atoms with E-state index in [9.17, 15) is 0 Å². The average molecular weight is 277 g/mol. The minimum absolute atomic E-state index is 0.324. The van der Waals surface area contributed by atoms with Gasteiger partial charge in [-0.1, -0.05) is 20.8 Å². The predicted octanol–water partition coefficient (Wildman–Crippen LogP) is 3.82. The molecule has 1 heterocycles. The van der Waals surface area contributed by atoms with Crippen LogP contribution in [0, 0.1) is 5.92 Å². The maximum Gasteiger partial charge on any atom is 0.218 e. The van der Waals surface area contributed by atoms with Gasteiger partial charge in [-0.05, 0) is 38.0 Å². The van der Waals surface area contributed by atoms with Crippen molar-refractivity contribution in [3.63, 3.8) is 0 Å². The highest BCUT2D eigenvalue weighted by atomic mass is 16.5. The summed E-state index contributed by atoms with van der Waals surface area (Å²) in [5, 5.41) is 3.32. The summed E-state index contributed by atoms with van der Waals surface area (Å²) in [6, 6.07) is 1.94. The fraction of sp³-hybridized carbons (Fsp3) is 0.750. The summed E-state index contributed by atoms with van der Waals surface area (Å²) < 4.78 is 6.08. The lowest BCUT2D eigenvalue weighted by Crippen LogP contribution is -2.23. The Bertz CT molecular complexity index is 414. The molecular weight excluding hydrogens is 250 g/mol. The second-order valence-corrected chi connectivity index (χ2v) is 5.79. The van der Waals surface area contributed by atoms with Crippen LogP contribution in [0.1, 0.15) is 58.7 Å². The lowest BCUT2D eigenvalue weighted by atomic mass is 9.89. The summed E-state index contributed by atoms with van der Waals surface area (Å²) >= 11 is 0. The molecule has 1 N–H and O–H groups in total. The largest absolute Gasteiger partial charge is 0.474 e. The second-order valence-electron chi connectivity index (χ2n) is 5.79. The van der Waals surface area contributed by atoms with Gasteiger partial charge >= 0.3 is 0 Å². The average Bonchev–Trinajstić information content (AvgIpc) is 2.47. The molecule has 0 aromatic carbocycles. The van der Waals surface area contributed by atoms with Crippen molar-refractivity contribution in [3.05, 3.63) is 11.9 Å². The van der Waals surface area contributed by atoms with Crippen molar-refractivity contribution in [2.75, 3.05) is 11.9 Å². The summed E-state index contributed by atoms with van der Waals surface area (Å²) in [6.45, 7) is 7.48. The summed E-state index contributed by atoms with van der Waals surface area (Å²) in [5.41, 5.74) is 0. The zero-order valence-electron chi connectivity index (χ0n) is 13.0. The summed E-state index contributed by atoms with van der Waals surface area (Å²) in [5.74, 6) is 3.31. The highest BCUT2D eigenvalue weighted by Crippen LogP contribution is 2.27. The van der Waals surface area contributed by atoms with Gasteiger partial charge in [0.15, 0.2) is 0 Å². The number of rotatable bonds is 6. The molecule has 0 atom stereocenters. The van der Waals surface area contributed by atoms with Crippen molar-refractivity contribution in [1.82, 2.24) is 9.97 Å². The molecule has 0 spiro atoms. The van der Waals surface area contributed by atoms with Crippen LogP contribution in [0.2, 0.25) is 0 Å². The van der Waals surface area contributed by atoms with Crippen molar-refractivity contribution in [3.8, 4) is 5.88 Å². The van der Waals surface area contributed by atoms with E-state index in [1.54, 1.807) is 0 Å². The van der Waals surface area contributed by atoms with E-state index in [2.05, 4.69) is 36.1 Å². The molecule has 20 heavy (non-hydrogen) atoms. The quantitative estimate of drug-likeness (QED) is 0.858. The van der Waals surface area contributed by atoms with Gasteiger partial charge in [0.05, 0.1) is 0 Å². The first-order chi connectivity index (χ1) is 9.71. The normalized spacial score (nSPS) is 22.6. The van der Waals surface area contributed by atoms with Gasteiger partial charge in [-0.15, -0.1) is 0 Å². The van der Waals surface area contributed by atoms with Crippen LogP contribution in [0.3, 0.4) is 0 Å². The Morgan fingerprint density at radius 1 is 1.20 bits per heavy atom. The lowest BCUT2D eigenvalue weighted by molar-refractivity contribution is 0.129. The fourth-order valence-corrected chi connectivity index (χ4v) is 2.55. The zero-order valence-corrected chi connectivity index (χ0v) is 13.0. The first-order valence-corrected chi connectivity index (χ1v) is 7.99. The molecule has 0 aliphatic heterocycles. The van der Waals surface area contributed by atoms with E-state index in [1.165, 1.54) is 12.8 Å². The van der Waals surface area contributed by atoms with Crippen molar-refractivity contribution < 1.29 is 4.74 Å². The molecule has 2 rings (SSSR count). The third-order valence-corrected chi connectivity index (χ3v) is 3.87. The van der Waals surface area contributed by atoms with Crippen LogP contribution in [0.5, 0.6) is 5.88 Å². The Kier molecular flexibility index (Phi) is 5.62. The van der Waals surface area contributed by atoms with Crippen molar-refractivity contribution in [2.45, 2.75) is 65.4 Å². The van der Waals surface area contributed by atoms with Crippen LogP contribution < -0.4 is 10.1 Å².